The number of halogens is 2. The first kappa shape index (κ1) is 25.1. The van der Waals surface area contributed by atoms with Gasteiger partial charge in [-0.15, -0.1) is 11.3 Å². The van der Waals surface area contributed by atoms with Crippen LogP contribution in [0, 0.1) is 12.7 Å². The number of hydrogen-bond acceptors (Lipinski definition) is 5. The molecule has 0 aliphatic carbocycles. The van der Waals surface area contributed by atoms with Crippen LogP contribution in [0.4, 0.5) is 10.1 Å². The minimum absolute atomic E-state index is 0.269. The van der Waals surface area contributed by atoms with Crippen LogP contribution in [0.25, 0.3) is 11.3 Å². The maximum atomic E-state index is 13.5. The third-order valence-corrected chi connectivity index (χ3v) is 6.18. The standard InChI is InChI=1S/C24H27ClFN3O3S/c1-17-14-19(25)6-9-21(17)27-24-29(11-3-10-28(2)12-13-32-15-23(30)31)22(16-33-24)18-4-7-20(26)8-5-18/h4-9,14,16H,3,10-13,15H2,1-2H3,(H,30,31). The number of hydrogen-bond donors (Lipinski definition) is 1. The van der Waals surface area contributed by atoms with Gasteiger partial charge in [0.25, 0.3) is 0 Å². The Bertz CT molecular complexity index is 1140. The molecule has 33 heavy (non-hydrogen) atoms. The highest BCUT2D eigenvalue weighted by Crippen LogP contribution is 2.24. The van der Waals surface area contributed by atoms with E-state index >= 15 is 0 Å². The summed E-state index contributed by atoms with van der Waals surface area (Å²) in [5, 5.41) is 11.4. The minimum Gasteiger partial charge on any atom is -0.480 e. The van der Waals surface area contributed by atoms with Gasteiger partial charge in [-0.1, -0.05) is 11.6 Å². The van der Waals surface area contributed by atoms with Gasteiger partial charge >= 0.3 is 5.97 Å². The normalized spacial score (nSPS) is 12.0. The van der Waals surface area contributed by atoms with Crippen LogP contribution >= 0.6 is 22.9 Å². The highest BCUT2D eigenvalue weighted by Gasteiger charge is 2.10. The first-order valence-corrected chi connectivity index (χ1v) is 11.8. The largest absolute Gasteiger partial charge is 0.480 e. The zero-order valence-corrected chi connectivity index (χ0v) is 20.2. The fourth-order valence-corrected chi connectivity index (χ4v) is 4.50. The lowest BCUT2D eigenvalue weighted by atomic mass is 10.1. The van der Waals surface area contributed by atoms with Crippen molar-refractivity contribution in [3.63, 3.8) is 0 Å². The average Bonchev–Trinajstić information content (AvgIpc) is 3.16. The first-order chi connectivity index (χ1) is 15.8. The summed E-state index contributed by atoms with van der Waals surface area (Å²) in [5.74, 6) is -1.24. The molecule has 176 valence electrons. The molecule has 0 saturated carbocycles. The van der Waals surface area contributed by atoms with Crippen LogP contribution in [-0.2, 0) is 16.1 Å². The maximum Gasteiger partial charge on any atom is 0.329 e. The molecular weight excluding hydrogens is 465 g/mol. The molecule has 0 aliphatic rings. The number of rotatable bonds is 11. The summed E-state index contributed by atoms with van der Waals surface area (Å²) in [6, 6.07) is 12.1. The van der Waals surface area contributed by atoms with Crippen molar-refractivity contribution in [2.45, 2.75) is 19.9 Å². The lowest BCUT2D eigenvalue weighted by Gasteiger charge is -2.17. The summed E-state index contributed by atoms with van der Waals surface area (Å²) < 4.78 is 20.7. The number of nitrogens with zero attached hydrogens (tertiary/aromatic N) is 3. The van der Waals surface area contributed by atoms with Gasteiger partial charge in [0, 0.05) is 23.5 Å². The summed E-state index contributed by atoms with van der Waals surface area (Å²) >= 11 is 7.63. The van der Waals surface area contributed by atoms with Gasteiger partial charge in [0.05, 0.1) is 18.0 Å². The molecule has 9 heteroatoms. The molecule has 2 aromatic carbocycles. The Morgan fingerprint density at radius 2 is 2.00 bits per heavy atom. The van der Waals surface area contributed by atoms with Gasteiger partial charge in [0.15, 0.2) is 4.80 Å². The first-order valence-electron chi connectivity index (χ1n) is 10.6. The van der Waals surface area contributed by atoms with Crippen molar-refractivity contribution in [2.24, 2.45) is 4.99 Å². The van der Waals surface area contributed by atoms with Crippen molar-refractivity contribution in [1.82, 2.24) is 9.47 Å². The van der Waals surface area contributed by atoms with E-state index in [1.54, 1.807) is 23.5 Å². The zero-order chi connectivity index (χ0) is 23.8. The number of likely N-dealkylation sites (N-methyl/N-ethyl adjacent to an activating group) is 1. The number of thiazole rings is 1. The lowest BCUT2D eigenvalue weighted by molar-refractivity contribution is -0.142. The van der Waals surface area contributed by atoms with Crippen molar-refractivity contribution in [2.75, 3.05) is 33.4 Å². The van der Waals surface area contributed by atoms with Gasteiger partial charge in [0.2, 0.25) is 0 Å². The SMILES string of the molecule is Cc1cc(Cl)ccc1N=c1scc(-c2ccc(F)cc2)n1CCCN(C)CCOCC(=O)O. The summed E-state index contributed by atoms with van der Waals surface area (Å²) in [6.45, 7) is 4.24. The monoisotopic (exact) mass is 491 g/mol. The third kappa shape index (κ3) is 7.50. The van der Waals surface area contributed by atoms with Gasteiger partial charge in [-0.05, 0) is 80.5 Å². The van der Waals surface area contributed by atoms with E-state index in [0.717, 1.165) is 46.8 Å². The van der Waals surface area contributed by atoms with Crippen molar-refractivity contribution < 1.29 is 19.0 Å². The van der Waals surface area contributed by atoms with Gasteiger partial charge < -0.3 is 19.3 Å². The van der Waals surface area contributed by atoms with Gasteiger partial charge in [-0.25, -0.2) is 14.2 Å². The maximum absolute atomic E-state index is 13.5. The topological polar surface area (TPSA) is 67.1 Å². The number of benzene rings is 2. The molecule has 0 unspecified atom stereocenters. The second-order valence-electron chi connectivity index (χ2n) is 7.71. The molecule has 3 rings (SSSR count). The van der Waals surface area contributed by atoms with Crippen LogP contribution in [0.5, 0.6) is 0 Å². The predicted molar refractivity (Wildman–Crippen MR) is 130 cm³/mol. The molecule has 1 aromatic heterocycles. The minimum atomic E-state index is -0.966. The predicted octanol–water partition coefficient (Wildman–Crippen LogP) is 4.97. The van der Waals surface area contributed by atoms with E-state index in [4.69, 9.17) is 26.4 Å². The van der Waals surface area contributed by atoms with Gasteiger partial charge in [-0.2, -0.15) is 0 Å². The smallest absolute Gasteiger partial charge is 0.329 e. The van der Waals surface area contributed by atoms with E-state index in [9.17, 15) is 9.18 Å². The van der Waals surface area contributed by atoms with Crippen molar-refractivity contribution in [1.29, 1.82) is 0 Å². The number of aromatic nitrogens is 1. The highest BCUT2D eigenvalue weighted by molar-refractivity contribution is 7.07. The summed E-state index contributed by atoms with van der Waals surface area (Å²) in [7, 11) is 1.98. The highest BCUT2D eigenvalue weighted by atomic mass is 35.5. The number of aliphatic carboxylic acids is 1. The van der Waals surface area contributed by atoms with E-state index in [0.29, 0.717) is 18.2 Å². The van der Waals surface area contributed by atoms with Crippen LogP contribution in [0.1, 0.15) is 12.0 Å². The summed E-state index contributed by atoms with van der Waals surface area (Å²) in [4.78, 5) is 18.4. The molecule has 6 nitrogen and oxygen atoms in total. The summed E-state index contributed by atoms with van der Waals surface area (Å²) in [6.07, 6.45) is 0.854. The van der Waals surface area contributed by atoms with Gasteiger partial charge in [0.1, 0.15) is 12.4 Å². The Kier molecular flexibility index (Phi) is 9.20. The lowest BCUT2D eigenvalue weighted by Crippen LogP contribution is -2.27. The van der Waals surface area contributed by atoms with Crippen LogP contribution in [0.2, 0.25) is 5.02 Å². The van der Waals surface area contributed by atoms with Crippen LogP contribution in [0.15, 0.2) is 52.8 Å². The third-order valence-electron chi connectivity index (χ3n) is 5.08. The van der Waals surface area contributed by atoms with Crippen molar-refractivity contribution >= 4 is 34.6 Å². The molecule has 0 spiro atoms. The Hall–Kier alpha value is -2.52. The van der Waals surface area contributed by atoms with E-state index in [2.05, 4.69) is 9.47 Å². The van der Waals surface area contributed by atoms with Gasteiger partial charge in [-0.3, -0.25) is 0 Å². The Morgan fingerprint density at radius 3 is 2.70 bits per heavy atom. The number of carboxylic acids is 1. The molecule has 0 bridgehead atoms. The van der Waals surface area contributed by atoms with Crippen LogP contribution in [-0.4, -0.2) is 53.9 Å². The summed E-state index contributed by atoms with van der Waals surface area (Å²) in [5.41, 5.74) is 3.76. The molecule has 1 heterocycles. The fourth-order valence-electron chi connectivity index (χ4n) is 3.32. The van der Waals surface area contributed by atoms with Crippen molar-refractivity contribution in [3.8, 4) is 11.3 Å². The number of carboxylic acid groups (broad SMARTS) is 1. The number of ether oxygens (including phenoxy) is 1. The number of carbonyl (C=O) groups is 1. The quantitative estimate of drug-likeness (QED) is 0.384. The van der Waals surface area contributed by atoms with E-state index in [-0.39, 0.29) is 12.4 Å². The Balaban J connectivity index is 1.78. The Labute approximate surface area is 201 Å². The molecule has 0 aliphatic heterocycles. The van der Waals surface area contributed by atoms with Crippen LogP contribution < -0.4 is 4.80 Å². The molecule has 1 N–H and O–H groups in total. The average molecular weight is 492 g/mol. The molecule has 0 amide bonds. The van der Waals surface area contributed by atoms with E-state index in [1.165, 1.54) is 12.1 Å². The molecule has 0 fully saturated rings. The molecule has 0 saturated heterocycles. The molecular formula is C24H27ClFN3O3S. The molecule has 3 aromatic rings. The van der Waals surface area contributed by atoms with Crippen LogP contribution in [0.3, 0.4) is 0 Å². The fraction of sp³-hybridized carbons (Fsp3) is 0.333. The van der Waals surface area contributed by atoms with E-state index in [1.807, 2.05) is 37.6 Å². The zero-order valence-electron chi connectivity index (χ0n) is 18.6. The van der Waals surface area contributed by atoms with E-state index < -0.39 is 5.97 Å². The second-order valence-corrected chi connectivity index (χ2v) is 8.98. The Morgan fingerprint density at radius 1 is 1.24 bits per heavy atom. The molecule has 0 radical (unpaired) electrons. The second kappa shape index (κ2) is 12.1. The molecule has 0 atom stereocenters. The van der Waals surface area contributed by atoms with Crippen molar-refractivity contribution in [3.05, 3.63) is 69.0 Å². The number of aryl methyl sites for hydroxylation is 1.